The first kappa shape index (κ1) is 21.5. The summed E-state index contributed by atoms with van der Waals surface area (Å²) < 4.78 is 58.7. The van der Waals surface area contributed by atoms with Gasteiger partial charge in [0.15, 0.2) is 6.29 Å². The van der Waals surface area contributed by atoms with E-state index in [-0.39, 0.29) is 21.8 Å². The fourth-order valence-electron chi connectivity index (χ4n) is 4.88. The summed E-state index contributed by atoms with van der Waals surface area (Å²) in [6.07, 6.45) is 0.936. The van der Waals surface area contributed by atoms with Crippen LogP contribution in [-0.4, -0.2) is 47.5 Å². The van der Waals surface area contributed by atoms with E-state index in [2.05, 4.69) is 0 Å². The van der Waals surface area contributed by atoms with Crippen molar-refractivity contribution in [2.75, 3.05) is 25.7 Å². The first-order valence-corrected chi connectivity index (χ1v) is 12.0. The maximum Gasteiger partial charge on any atom is 0.227 e. The van der Waals surface area contributed by atoms with Gasteiger partial charge in [0.1, 0.15) is 11.4 Å². The van der Waals surface area contributed by atoms with Gasteiger partial charge < -0.3 is 19.1 Å². The van der Waals surface area contributed by atoms with Gasteiger partial charge in [0.05, 0.1) is 22.5 Å². The van der Waals surface area contributed by atoms with Gasteiger partial charge in [-0.05, 0) is 53.9 Å². The molecule has 2 fully saturated rings. The maximum absolute atomic E-state index is 14.7. The Bertz CT molecular complexity index is 1180. The highest BCUT2D eigenvalue weighted by Crippen LogP contribution is 2.44. The molecule has 0 saturated carbocycles. The van der Waals surface area contributed by atoms with Gasteiger partial charge in [-0.15, -0.1) is 0 Å². The zero-order chi connectivity index (χ0) is 22.7. The molecule has 3 aliphatic rings. The third-order valence-electron chi connectivity index (χ3n) is 6.67. The van der Waals surface area contributed by atoms with Gasteiger partial charge in [-0.3, -0.25) is 4.79 Å². The number of hydrogen-bond acceptors (Lipinski definition) is 6. The number of aryl methyl sites for hydroxylation is 1. The van der Waals surface area contributed by atoms with Crippen molar-refractivity contribution < 1.29 is 31.8 Å². The Morgan fingerprint density at radius 2 is 1.94 bits per heavy atom. The molecular weight excluding hydrogens is 437 g/mol. The fraction of sp³-hybridized carbons (Fsp3) is 0.435. The van der Waals surface area contributed by atoms with Crippen molar-refractivity contribution in [1.29, 1.82) is 0 Å². The van der Waals surface area contributed by atoms with E-state index in [0.717, 1.165) is 11.6 Å². The number of nitrogens with zero attached hydrogens (tertiary/aromatic N) is 1. The molecule has 170 valence electrons. The van der Waals surface area contributed by atoms with Gasteiger partial charge in [0.2, 0.25) is 15.7 Å². The highest BCUT2D eigenvalue weighted by molar-refractivity contribution is 7.91. The third-order valence-corrected chi connectivity index (χ3v) is 8.40. The standard InChI is InChI=1S/C23H24FNO6S/c1-25-20-5-4-18(7-14(20)3-6-21(25)26)32(27,28)19-9-15(8-16(24)10-19)23(29-2)11-17-13-30-22(12-23)31-17/h4-5,7-10,17,22H,3,6,11-13H2,1-2H3/t17-,22+,23-/m0/s1. The second-order valence-corrected chi connectivity index (χ2v) is 10.5. The van der Waals surface area contributed by atoms with Crippen LogP contribution >= 0.6 is 0 Å². The van der Waals surface area contributed by atoms with Gasteiger partial charge in [-0.1, -0.05) is 0 Å². The number of sulfone groups is 1. The van der Waals surface area contributed by atoms with Crippen LogP contribution in [0.25, 0.3) is 0 Å². The molecule has 1 amide bonds. The summed E-state index contributed by atoms with van der Waals surface area (Å²) in [5.74, 6) is -0.664. The number of fused-ring (bicyclic) bond motifs is 3. The average Bonchev–Trinajstić information content (AvgIpc) is 3.13. The number of benzene rings is 2. The Morgan fingerprint density at radius 1 is 1.12 bits per heavy atom. The van der Waals surface area contributed by atoms with E-state index in [1.165, 1.54) is 30.2 Å². The second kappa shape index (κ2) is 7.62. The van der Waals surface area contributed by atoms with Crippen LogP contribution in [0.15, 0.2) is 46.2 Å². The van der Waals surface area contributed by atoms with Crippen molar-refractivity contribution in [1.82, 2.24) is 0 Å². The van der Waals surface area contributed by atoms with Crippen molar-refractivity contribution in [3.8, 4) is 0 Å². The quantitative estimate of drug-likeness (QED) is 0.696. The predicted molar refractivity (Wildman–Crippen MR) is 113 cm³/mol. The molecule has 0 unspecified atom stereocenters. The van der Waals surface area contributed by atoms with E-state index in [0.29, 0.717) is 43.5 Å². The summed E-state index contributed by atoms with van der Waals surface area (Å²) in [6, 6.07) is 8.50. The number of ether oxygens (including phenoxy) is 3. The molecule has 7 nitrogen and oxygen atoms in total. The minimum Gasteiger partial charge on any atom is -0.373 e. The highest BCUT2D eigenvalue weighted by Gasteiger charge is 2.47. The first-order chi connectivity index (χ1) is 15.2. The molecule has 3 heterocycles. The van der Waals surface area contributed by atoms with Crippen LogP contribution < -0.4 is 4.90 Å². The molecule has 0 aliphatic carbocycles. The SMILES string of the molecule is CO[C@@]1(c2cc(F)cc(S(=O)(=O)c3ccc4c(c3)CCC(=O)N4C)c2)C[C@H]2CO[C@@H](C1)O2. The fourth-order valence-corrected chi connectivity index (χ4v) is 6.25. The Hall–Kier alpha value is -2.33. The summed E-state index contributed by atoms with van der Waals surface area (Å²) >= 11 is 0. The zero-order valence-electron chi connectivity index (χ0n) is 17.8. The molecule has 2 aromatic carbocycles. The highest BCUT2D eigenvalue weighted by atomic mass is 32.2. The van der Waals surface area contributed by atoms with Crippen molar-refractivity contribution >= 4 is 21.4 Å². The molecule has 0 spiro atoms. The molecule has 5 rings (SSSR count). The summed E-state index contributed by atoms with van der Waals surface area (Å²) in [7, 11) is -0.793. The minimum atomic E-state index is -4.00. The molecule has 2 aromatic rings. The maximum atomic E-state index is 14.7. The normalized spacial score (nSPS) is 27.5. The number of carbonyl (C=O) groups excluding carboxylic acids is 1. The molecule has 32 heavy (non-hydrogen) atoms. The van der Waals surface area contributed by atoms with Crippen molar-refractivity contribution in [2.24, 2.45) is 0 Å². The van der Waals surface area contributed by atoms with Crippen LogP contribution in [-0.2, 0) is 40.9 Å². The first-order valence-electron chi connectivity index (χ1n) is 10.5. The van der Waals surface area contributed by atoms with Crippen LogP contribution in [0.1, 0.15) is 30.4 Å². The number of methoxy groups -OCH3 is 1. The van der Waals surface area contributed by atoms with Crippen molar-refractivity contribution in [3.05, 3.63) is 53.3 Å². The minimum absolute atomic E-state index is 0.0119. The Kier molecular flexibility index (Phi) is 5.12. The van der Waals surface area contributed by atoms with Crippen LogP contribution in [0.5, 0.6) is 0 Å². The van der Waals surface area contributed by atoms with Crippen LogP contribution in [0.4, 0.5) is 10.1 Å². The topological polar surface area (TPSA) is 82.1 Å². The lowest BCUT2D eigenvalue weighted by Gasteiger charge is -2.39. The van der Waals surface area contributed by atoms with Gasteiger partial charge >= 0.3 is 0 Å². The lowest BCUT2D eigenvalue weighted by atomic mass is 9.83. The summed E-state index contributed by atoms with van der Waals surface area (Å²) in [4.78, 5) is 13.4. The monoisotopic (exact) mass is 461 g/mol. The van der Waals surface area contributed by atoms with Crippen molar-refractivity contribution in [3.63, 3.8) is 0 Å². The Balaban J connectivity index is 1.55. The lowest BCUT2D eigenvalue weighted by Crippen LogP contribution is -2.41. The number of anilines is 1. The summed E-state index contributed by atoms with van der Waals surface area (Å²) in [6.45, 7) is 0.433. The Labute approximate surface area is 186 Å². The van der Waals surface area contributed by atoms with Crippen molar-refractivity contribution in [2.45, 2.75) is 53.5 Å². The summed E-state index contributed by atoms with van der Waals surface area (Å²) in [5.41, 5.74) is 1.02. The van der Waals surface area contributed by atoms with E-state index >= 15 is 0 Å². The van der Waals surface area contributed by atoms with E-state index in [9.17, 15) is 17.6 Å². The van der Waals surface area contributed by atoms with Crippen LogP contribution in [0.3, 0.4) is 0 Å². The third kappa shape index (κ3) is 3.44. The number of amides is 1. The second-order valence-electron chi connectivity index (χ2n) is 8.55. The molecule has 3 atom stereocenters. The van der Waals surface area contributed by atoms with E-state index < -0.39 is 27.5 Å². The molecular formula is C23H24FNO6S. The smallest absolute Gasteiger partial charge is 0.227 e. The van der Waals surface area contributed by atoms with E-state index in [1.54, 1.807) is 19.2 Å². The van der Waals surface area contributed by atoms with Gasteiger partial charge in [0, 0.05) is 39.1 Å². The van der Waals surface area contributed by atoms with Crippen LogP contribution in [0.2, 0.25) is 0 Å². The number of rotatable bonds is 4. The molecule has 9 heteroatoms. The van der Waals surface area contributed by atoms with Gasteiger partial charge in [0.25, 0.3) is 0 Å². The lowest BCUT2D eigenvalue weighted by molar-refractivity contribution is -0.171. The predicted octanol–water partition coefficient (Wildman–Crippen LogP) is 2.94. The zero-order valence-corrected chi connectivity index (χ0v) is 18.7. The Morgan fingerprint density at radius 3 is 2.69 bits per heavy atom. The number of hydrogen-bond donors (Lipinski definition) is 0. The average molecular weight is 462 g/mol. The van der Waals surface area contributed by atoms with E-state index in [1.807, 2.05) is 0 Å². The number of halogens is 1. The van der Waals surface area contributed by atoms with Gasteiger partial charge in [-0.25, -0.2) is 12.8 Å². The van der Waals surface area contributed by atoms with Crippen LogP contribution in [0, 0.1) is 5.82 Å². The molecule has 0 N–H and O–H groups in total. The van der Waals surface area contributed by atoms with Gasteiger partial charge in [-0.2, -0.15) is 0 Å². The molecule has 3 aliphatic heterocycles. The molecule has 0 radical (unpaired) electrons. The number of carbonyl (C=O) groups is 1. The molecule has 0 aromatic heterocycles. The summed E-state index contributed by atoms with van der Waals surface area (Å²) in [5, 5.41) is 0. The molecule has 2 saturated heterocycles. The van der Waals surface area contributed by atoms with E-state index in [4.69, 9.17) is 14.2 Å². The molecule has 2 bridgehead atoms. The largest absolute Gasteiger partial charge is 0.373 e.